The van der Waals surface area contributed by atoms with Gasteiger partial charge < -0.3 is 21.3 Å². The average Bonchev–Trinajstić information content (AvgIpc) is 2.25. The lowest BCUT2D eigenvalue weighted by molar-refractivity contribution is -0.119. The lowest BCUT2D eigenvalue weighted by Crippen LogP contribution is -2.34. The molecule has 1 aromatic rings. The van der Waals surface area contributed by atoms with Gasteiger partial charge in [0.25, 0.3) is 0 Å². The second-order valence-corrected chi connectivity index (χ2v) is 3.92. The van der Waals surface area contributed by atoms with Gasteiger partial charge in [-0.3, -0.25) is 4.79 Å². The van der Waals surface area contributed by atoms with Crippen LogP contribution in [0.4, 0.5) is 5.82 Å². The van der Waals surface area contributed by atoms with E-state index in [1.54, 1.807) is 13.0 Å². The van der Waals surface area contributed by atoms with Crippen LogP contribution >= 0.6 is 0 Å². The predicted molar refractivity (Wildman–Crippen MR) is 63.0 cm³/mol. The summed E-state index contributed by atoms with van der Waals surface area (Å²) in [4.78, 5) is 14.5. The van der Waals surface area contributed by atoms with Gasteiger partial charge in [0.05, 0.1) is 0 Å². The van der Waals surface area contributed by atoms with Crippen molar-refractivity contribution in [3.05, 3.63) is 23.4 Å². The fourth-order valence-electron chi connectivity index (χ4n) is 1.47. The van der Waals surface area contributed by atoms with E-state index >= 15 is 0 Å². The molecule has 0 saturated heterocycles. The van der Waals surface area contributed by atoms with E-state index in [2.05, 4.69) is 10.3 Å². The molecule has 1 rings (SSSR count). The molecule has 5 N–H and O–H groups in total. The van der Waals surface area contributed by atoms with Gasteiger partial charge >= 0.3 is 0 Å². The Morgan fingerprint density at radius 1 is 1.59 bits per heavy atom. The molecule has 0 bridgehead atoms. The van der Waals surface area contributed by atoms with Crippen LogP contribution in [-0.4, -0.2) is 33.8 Å². The van der Waals surface area contributed by atoms with Crippen molar-refractivity contribution in [2.75, 3.05) is 12.3 Å². The number of nitrogen functional groups attached to an aromatic ring is 1. The zero-order chi connectivity index (χ0) is 13.0. The van der Waals surface area contributed by atoms with E-state index < -0.39 is 12.2 Å². The third-order valence-electron chi connectivity index (χ3n) is 2.42. The Morgan fingerprint density at radius 3 is 2.76 bits per heavy atom. The zero-order valence-electron chi connectivity index (χ0n) is 9.84. The summed E-state index contributed by atoms with van der Waals surface area (Å²) in [7, 11) is 0. The summed E-state index contributed by atoms with van der Waals surface area (Å²) in [5.74, 6) is 0.0956. The van der Waals surface area contributed by atoms with Crippen LogP contribution in [-0.2, 0) is 4.79 Å². The summed E-state index contributed by atoms with van der Waals surface area (Å²) in [6.07, 6.45) is -0.759. The molecule has 0 spiro atoms. The number of hydrogen-bond donors (Lipinski definition) is 4. The number of carbonyl (C=O) groups is 1. The number of carbonyl (C=O) groups excluding carboxylic acids is 1. The molecule has 2 atom stereocenters. The molecule has 0 aliphatic carbocycles. The average molecular weight is 239 g/mol. The maximum absolute atomic E-state index is 10.7. The number of aliphatic hydroxyl groups excluding tert-OH is 2. The highest BCUT2D eigenvalue weighted by Gasteiger charge is 2.20. The first kappa shape index (κ1) is 13.4. The van der Waals surface area contributed by atoms with E-state index in [1.165, 1.54) is 13.1 Å². The third-order valence-corrected chi connectivity index (χ3v) is 2.42. The Balaban J connectivity index is 2.74. The maximum Gasteiger partial charge on any atom is 0.216 e. The molecule has 94 valence electrons. The lowest BCUT2D eigenvalue weighted by atomic mass is 10.0. The first-order valence-corrected chi connectivity index (χ1v) is 5.24. The van der Waals surface area contributed by atoms with Crippen LogP contribution in [0.2, 0.25) is 0 Å². The molecule has 0 radical (unpaired) electrons. The van der Waals surface area contributed by atoms with Crippen molar-refractivity contribution < 1.29 is 15.0 Å². The Hall–Kier alpha value is -1.66. The van der Waals surface area contributed by atoms with Crippen molar-refractivity contribution in [3.8, 4) is 0 Å². The van der Waals surface area contributed by atoms with Gasteiger partial charge in [0.2, 0.25) is 5.91 Å². The molecular weight excluding hydrogens is 222 g/mol. The Bertz CT molecular complexity index is 409. The lowest BCUT2D eigenvalue weighted by Gasteiger charge is -2.19. The van der Waals surface area contributed by atoms with E-state index in [0.717, 1.165) is 5.56 Å². The third kappa shape index (κ3) is 3.69. The number of aliphatic hydroxyl groups is 2. The molecule has 0 fully saturated rings. The van der Waals surface area contributed by atoms with Gasteiger partial charge in [-0.05, 0) is 18.6 Å². The van der Waals surface area contributed by atoms with Crippen molar-refractivity contribution in [1.29, 1.82) is 0 Å². The van der Waals surface area contributed by atoms with Crippen molar-refractivity contribution in [1.82, 2.24) is 10.3 Å². The Morgan fingerprint density at radius 2 is 2.24 bits per heavy atom. The smallest absolute Gasteiger partial charge is 0.216 e. The predicted octanol–water partition coefficient (Wildman–Crippen LogP) is -0.497. The summed E-state index contributed by atoms with van der Waals surface area (Å²) < 4.78 is 0. The second kappa shape index (κ2) is 5.60. The number of pyridine rings is 1. The van der Waals surface area contributed by atoms with Gasteiger partial charge in [0, 0.05) is 25.2 Å². The number of amides is 1. The number of nitrogens with one attached hydrogen (secondary N) is 1. The van der Waals surface area contributed by atoms with Crippen molar-refractivity contribution in [2.45, 2.75) is 26.1 Å². The van der Waals surface area contributed by atoms with E-state index in [9.17, 15) is 15.0 Å². The summed E-state index contributed by atoms with van der Waals surface area (Å²) in [5, 5.41) is 22.0. The second-order valence-electron chi connectivity index (χ2n) is 3.92. The van der Waals surface area contributed by atoms with E-state index in [4.69, 9.17) is 5.73 Å². The Labute approximate surface area is 99.5 Å². The monoisotopic (exact) mass is 239 g/mol. The molecule has 1 aromatic heterocycles. The molecule has 1 heterocycles. The SMILES string of the molecule is CC(=O)NCC(O)C(O)c1cnc(N)cc1C. The maximum atomic E-state index is 10.7. The van der Waals surface area contributed by atoms with Crippen LogP contribution in [0.3, 0.4) is 0 Å². The summed E-state index contributed by atoms with van der Waals surface area (Å²) in [5.41, 5.74) is 6.73. The number of rotatable bonds is 4. The molecule has 0 aromatic carbocycles. The quantitative estimate of drug-likeness (QED) is 0.566. The number of hydrogen-bond acceptors (Lipinski definition) is 5. The van der Waals surface area contributed by atoms with Crippen molar-refractivity contribution in [3.63, 3.8) is 0 Å². The normalized spacial score (nSPS) is 14.1. The number of nitrogens with two attached hydrogens (primary N) is 1. The molecule has 1 amide bonds. The van der Waals surface area contributed by atoms with Crippen LogP contribution in [0.5, 0.6) is 0 Å². The van der Waals surface area contributed by atoms with Crippen molar-refractivity contribution >= 4 is 11.7 Å². The van der Waals surface area contributed by atoms with Gasteiger partial charge in [0.15, 0.2) is 0 Å². The van der Waals surface area contributed by atoms with Gasteiger partial charge in [-0.1, -0.05) is 0 Å². The standard InChI is InChI=1S/C11H17N3O3/c1-6-3-10(12)14-4-8(6)11(17)9(16)5-13-7(2)15/h3-4,9,11,16-17H,5H2,1-2H3,(H2,12,14)(H,13,15). The minimum absolute atomic E-state index is 0.0136. The summed E-state index contributed by atoms with van der Waals surface area (Å²) >= 11 is 0. The molecule has 0 aliphatic rings. The van der Waals surface area contributed by atoms with E-state index in [0.29, 0.717) is 11.4 Å². The van der Waals surface area contributed by atoms with Gasteiger partial charge in [-0.15, -0.1) is 0 Å². The minimum Gasteiger partial charge on any atom is -0.388 e. The van der Waals surface area contributed by atoms with Gasteiger partial charge in [-0.25, -0.2) is 4.98 Å². The molecule has 6 nitrogen and oxygen atoms in total. The number of aromatic nitrogens is 1. The van der Waals surface area contributed by atoms with Crippen LogP contribution in [0.15, 0.2) is 12.3 Å². The molecule has 0 aliphatic heterocycles. The topological polar surface area (TPSA) is 108 Å². The first-order valence-electron chi connectivity index (χ1n) is 5.24. The molecule has 17 heavy (non-hydrogen) atoms. The fourth-order valence-corrected chi connectivity index (χ4v) is 1.47. The highest BCUT2D eigenvalue weighted by atomic mass is 16.3. The van der Waals surface area contributed by atoms with Crippen LogP contribution < -0.4 is 11.1 Å². The summed E-state index contributed by atoms with van der Waals surface area (Å²) in [6, 6.07) is 1.61. The number of aryl methyl sites for hydroxylation is 1. The number of anilines is 1. The van der Waals surface area contributed by atoms with Gasteiger partial charge in [0.1, 0.15) is 18.0 Å². The van der Waals surface area contributed by atoms with Crippen LogP contribution in [0.25, 0.3) is 0 Å². The molecular formula is C11H17N3O3. The highest BCUT2D eigenvalue weighted by molar-refractivity contribution is 5.72. The highest BCUT2D eigenvalue weighted by Crippen LogP contribution is 2.20. The number of nitrogens with zero attached hydrogens (tertiary/aromatic N) is 1. The summed E-state index contributed by atoms with van der Waals surface area (Å²) in [6.45, 7) is 3.09. The minimum atomic E-state index is -1.10. The van der Waals surface area contributed by atoms with E-state index in [-0.39, 0.29) is 12.5 Å². The van der Waals surface area contributed by atoms with E-state index in [1.807, 2.05) is 0 Å². The molecule has 0 saturated carbocycles. The fraction of sp³-hybridized carbons (Fsp3) is 0.455. The Kier molecular flexibility index (Phi) is 4.42. The largest absolute Gasteiger partial charge is 0.388 e. The molecule has 2 unspecified atom stereocenters. The van der Waals surface area contributed by atoms with Crippen LogP contribution in [0, 0.1) is 6.92 Å². The first-order chi connectivity index (χ1) is 7.91. The molecule has 6 heteroatoms. The van der Waals surface area contributed by atoms with Crippen LogP contribution in [0.1, 0.15) is 24.2 Å². The zero-order valence-corrected chi connectivity index (χ0v) is 9.84. The van der Waals surface area contributed by atoms with Crippen molar-refractivity contribution in [2.24, 2.45) is 0 Å². The van der Waals surface area contributed by atoms with Gasteiger partial charge in [-0.2, -0.15) is 0 Å².